The molecule has 1 saturated carbocycles. The van der Waals surface area contributed by atoms with Crippen molar-refractivity contribution in [3.8, 4) is 0 Å². The molecule has 0 amide bonds. The Hall–Kier alpha value is -0.0400. The van der Waals surface area contributed by atoms with E-state index in [1.165, 1.54) is 32.2 Å². The molecule has 1 nitrogen and oxygen atoms in total. The predicted molar refractivity (Wildman–Crippen MR) is 47.6 cm³/mol. The Balaban J connectivity index is 2.10. The van der Waals surface area contributed by atoms with Gasteiger partial charge in [-0.3, -0.25) is 4.90 Å². The van der Waals surface area contributed by atoms with Crippen molar-refractivity contribution in [3.63, 3.8) is 0 Å². The zero-order valence-electron chi connectivity index (χ0n) is 7.71. The zero-order valence-corrected chi connectivity index (χ0v) is 7.71. The molecule has 1 heteroatoms. The van der Waals surface area contributed by atoms with Crippen molar-refractivity contribution < 1.29 is 0 Å². The SMILES string of the molecule is CCN1[C@@H]2CCC[C@@H](C2)[C@H]1C. The predicted octanol–water partition coefficient (Wildman–Crippen LogP) is 2.27. The first-order valence-corrected chi connectivity index (χ1v) is 5.08. The first kappa shape index (κ1) is 7.60. The van der Waals surface area contributed by atoms with Gasteiger partial charge in [0, 0.05) is 12.1 Å². The van der Waals surface area contributed by atoms with Crippen LogP contribution in [-0.2, 0) is 0 Å². The largest absolute Gasteiger partial charge is 0.298 e. The molecule has 0 radical (unpaired) electrons. The van der Waals surface area contributed by atoms with E-state index in [1.807, 2.05) is 0 Å². The molecule has 2 rings (SSSR count). The first-order chi connectivity index (χ1) is 5.33. The summed E-state index contributed by atoms with van der Waals surface area (Å²) in [7, 11) is 0. The first-order valence-electron chi connectivity index (χ1n) is 5.08. The van der Waals surface area contributed by atoms with Gasteiger partial charge in [-0.1, -0.05) is 13.3 Å². The molecule has 1 aliphatic carbocycles. The van der Waals surface area contributed by atoms with Gasteiger partial charge in [-0.25, -0.2) is 0 Å². The number of hydrogen-bond acceptors (Lipinski definition) is 1. The molecule has 0 unspecified atom stereocenters. The second kappa shape index (κ2) is 2.78. The van der Waals surface area contributed by atoms with Crippen molar-refractivity contribution in [1.82, 2.24) is 4.90 Å². The molecular formula is C10H19N. The lowest BCUT2D eigenvalue weighted by Gasteiger charge is -2.25. The van der Waals surface area contributed by atoms with E-state index in [0.717, 1.165) is 18.0 Å². The Labute approximate surface area is 69.8 Å². The van der Waals surface area contributed by atoms with E-state index in [9.17, 15) is 0 Å². The minimum atomic E-state index is 0.882. The van der Waals surface area contributed by atoms with Crippen LogP contribution < -0.4 is 0 Å². The van der Waals surface area contributed by atoms with Gasteiger partial charge in [0.25, 0.3) is 0 Å². The highest BCUT2D eigenvalue weighted by molar-refractivity contribution is 4.94. The van der Waals surface area contributed by atoms with Crippen molar-refractivity contribution in [2.75, 3.05) is 6.54 Å². The molecule has 2 aliphatic rings. The highest BCUT2D eigenvalue weighted by Crippen LogP contribution is 2.39. The molecule has 2 bridgehead atoms. The maximum Gasteiger partial charge on any atom is 0.0101 e. The third-order valence-corrected chi connectivity index (χ3v) is 3.73. The number of fused-ring (bicyclic) bond motifs is 2. The highest BCUT2D eigenvalue weighted by Gasteiger charge is 2.39. The van der Waals surface area contributed by atoms with E-state index in [-0.39, 0.29) is 0 Å². The fourth-order valence-corrected chi connectivity index (χ4v) is 3.09. The van der Waals surface area contributed by atoms with Gasteiger partial charge >= 0.3 is 0 Å². The third kappa shape index (κ3) is 1.10. The highest BCUT2D eigenvalue weighted by atomic mass is 15.2. The van der Waals surface area contributed by atoms with E-state index < -0.39 is 0 Å². The Morgan fingerprint density at radius 2 is 2.18 bits per heavy atom. The number of hydrogen-bond donors (Lipinski definition) is 0. The van der Waals surface area contributed by atoms with Gasteiger partial charge in [0.05, 0.1) is 0 Å². The second-order valence-corrected chi connectivity index (χ2v) is 4.15. The summed E-state index contributed by atoms with van der Waals surface area (Å²) in [6.07, 6.45) is 5.94. The molecule has 1 heterocycles. The van der Waals surface area contributed by atoms with Gasteiger partial charge < -0.3 is 0 Å². The summed E-state index contributed by atoms with van der Waals surface area (Å²) < 4.78 is 0. The van der Waals surface area contributed by atoms with Crippen LogP contribution in [0, 0.1) is 5.92 Å². The lowest BCUT2D eigenvalue weighted by Crippen LogP contribution is -2.33. The molecule has 11 heavy (non-hydrogen) atoms. The average molecular weight is 153 g/mol. The van der Waals surface area contributed by atoms with Gasteiger partial charge in [-0.2, -0.15) is 0 Å². The van der Waals surface area contributed by atoms with Crippen LogP contribution in [0.4, 0.5) is 0 Å². The Bertz CT molecular complexity index is 142. The van der Waals surface area contributed by atoms with Crippen molar-refractivity contribution in [1.29, 1.82) is 0 Å². The van der Waals surface area contributed by atoms with Crippen LogP contribution >= 0.6 is 0 Å². The van der Waals surface area contributed by atoms with E-state index in [1.54, 1.807) is 0 Å². The fraction of sp³-hybridized carbons (Fsp3) is 1.00. The summed E-state index contributed by atoms with van der Waals surface area (Å²) in [5.74, 6) is 1.04. The topological polar surface area (TPSA) is 3.24 Å². The van der Waals surface area contributed by atoms with E-state index in [2.05, 4.69) is 18.7 Å². The minimum absolute atomic E-state index is 0.882. The monoisotopic (exact) mass is 153 g/mol. The summed E-state index contributed by atoms with van der Waals surface area (Å²) in [6, 6.07) is 1.83. The fourth-order valence-electron chi connectivity index (χ4n) is 3.09. The molecule has 1 saturated heterocycles. The summed E-state index contributed by atoms with van der Waals surface area (Å²) in [5.41, 5.74) is 0. The Morgan fingerprint density at radius 1 is 1.36 bits per heavy atom. The molecule has 3 atom stereocenters. The zero-order chi connectivity index (χ0) is 7.84. The van der Waals surface area contributed by atoms with Crippen LogP contribution in [0.1, 0.15) is 39.5 Å². The van der Waals surface area contributed by atoms with E-state index in [4.69, 9.17) is 0 Å². The van der Waals surface area contributed by atoms with Gasteiger partial charge in [0.2, 0.25) is 0 Å². The third-order valence-electron chi connectivity index (χ3n) is 3.73. The van der Waals surface area contributed by atoms with Crippen LogP contribution in [0.3, 0.4) is 0 Å². The van der Waals surface area contributed by atoms with Crippen molar-refractivity contribution in [3.05, 3.63) is 0 Å². The molecule has 0 aromatic rings. The van der Waals surface area contributed by atoms with E-state index in [0.29, 0.717) is 0 Å². The van der Waals surface area contributed by atoms with Crippen molar-refractivity contribution >= 4 is 0 Å². The lowest BCUT2D eigenvalue weighted by atomic mass is 9.88. The summed E-state index contributed by atoms with van der Waals surface area (Å²) in [4.78, 5) is 2.71. The van der Waals surface area contributed by atoms with E-state index >= 15 is 0 Å². The van der Waals surface area contributed by atoms with Crippen molar-refractivity contribution in [2.45, 2.75) is 51.6 Å². The Kier molecular flexibility index (Phi) is 1.92. The van der Waals surface area contributed by atoms with Gasteiger partial charge in [-0.15, -0.1) is 0 Å². The Morgan fingerprint density at radius 3 is 2.82 bits per heavy atom. The van der Waals surface area contributed by atoms with Gasteiger partial charge in [0.15, 0.2) is 0 Å². The number of likely N-dealkylation sites (tertiary alicyclic amines) is 1. The molecular weight excluding hydrogens is 134 g/mol. The average Bonchev–Trinajstić information content (AvgIpc) is 2.25. The van der Waals surface area contributed by atoms with Crippen molar-refractivity contribution in [2.24, 2.45) is 5.92 Å². The van der Waals surface area contributed by atoms with Gasteiger partial charge in [0.1, 0.15) is 0 Å². The number of nitrogens with zero attached hydrogens (tertiary/aromatic N) is 1. The molecule has 2 fully saturated rings. The molecule has 1 aliphatic heterocycles. The normalized spacial score (nSPS) is 44.7. The second-order valence-electron chi connectivity index (χ2n) is 4.15. The standard InChI is InChI=1S/C10H19N/c1-3-11-8(2)9-5-4-6-10(11)7-9/h8-10H,3-7H2,1-2H3/t8-,9+,10-/m1/s1. The van der Waals surface area contributed by atoms with Crippen LogP contribution in [0.15, 0.2) is 0 Å². The maximum absolute atomic E-state index is 2.71. The quantitative estimate of drug-likeness (QED) is 0.558. The van der Waals surface area contributed by atoms with Crippen LogP contribution in [0.2, 0.25) is 0 Å². The molecule has 0 N–H and O–H groups in total. The smallest absolute Gasteiger partial charge is 0.0101 e. The van der Waals surface area contributed by atoms with Crippen LogP contribution in [-0.4, -0.2) is 23.5 Å². The van der Waals surface area contributed by atoms with Crippen LogP contribution in [0.25, 0.3) is 0 Å². The lowest BCUT2D eigenvalue weighted by molar-refractivity contribution is 0.208. The molecule has 0 spiro atoms. The summed E-state index contributed by atoms with van der Waals surface area (Å²) >= 11 is 0. The number of rotatable bonds is 1. The molecule has 64 valence electrons. The molecule has 0 aromatic heterocycles. The van der Waals surface area contributed by atoms with Crippen LogP contribution in [0.5, 0.6) is 0 Å². The summed E-state index contributed by atoms with van der Waals surface area (Å²) in [5, 5.41) is 0. The molecule has 0 aromatic carbocycles. The van der Waals surface area contributed by atoms with Gasteiger partial charge in [-0.05, 0) is 38.6 Å². The maximum atomic E-state index is 2.71. The summed E-state index contributed by atoms with van der Waals surface area (Å²) in [6.45, 7) is 5.99. The minimum Gasteiger partial charge on any atom is -0.298 e.